The first kappa shape index (κ1) is 15.3. The van der Waals surface area contributed by atoms with Gasteiger partial charge in [-0.05, 0) is 12.1 Å². The second-order valence-corrected chi connectivity index (χ2v) is 7.97. The van der Waals surface area contributed by atoms with Gasteiger partial charge in [0.05, 0.1) is 12.7 Å². The minimum atomic E-state index is -3.51. The van der Waals surface area contributed by atoms with Crippen LogP contribution in [0.2, 0.25) is 0 Å². The molecular weight excluding hydrogens is 304 g/mol. The largest absolute Gasteiger partial charge is 0.447 e. The van der Waals surface area contributed by atoms with E-state index in [9.17, 15) is 8.42 Å². The highest BCUT2D eigenvalue weighted by atomic mass is 32.2. The summed E-state index contributed by atoms with van der Waals surface area (Å²) in [5.41, 5.74) is 2.37. The summed E-state index contributed by atoms with van der Waals surface area (Å²) in [4.78, 5) is 2.23. The second kappa shape index (κ2) is 5.53. The topological polar surface area (TPSA) is 82.4 Å². The van der Waals surface area contributed by atoms with E-state index in [1.165, 1.54) is 31.4 Å². The van der Waals surface area contributed by atoms with E-state index in [1.54, 1.807) is 6.07 Å². The number of hydrogen-bond donors (Lipinski definition) is 1. The molecule has 0 amide bonds. The summed E-state index contributed by atoms with van der Waals surface area (Å²) < 4.78 is 30.7. The maximum absolute atomic E-state index is 12.0. The number of aromatic nitrogens is 2. The Bertz CT molecular complexity index is 763. The molecule has 0 aromatic carbocycles. The van der Waals surface area contributed by atoms with Crippen molar-refractivity contribution in [1.29, 1.82) is 0 Å². The molecule has 1 aliphatic heterocycles. The van der Waals surface area contributed by atoms with Crippen molar-refractivity contribution < 1.29 is 12.8 Å². The Morgan fingerprint density at radius 1 is 1.45 bits per heavy atom. The predicted molar refractivity (Wildman–Crippen MR) is 80.7 cm³/mol. The Morgan fingerprint density at radius 2 is 2.23 bits per heavy atom. The minimum Gasteiger partial charge on any atom is -0.447 e. The van der Waals surface area contributed by atoms with Crippen LogP contribution in [0, 0.1) is 0 Å². The van der Waals surface area contributed by atoms with Gasteiger partial charge in [0.2, 0.25) is 5.09 Å². The van der Waals surface area contributed by atoms with Gasteiger partial charge in [-0.3, -0.25) is 10.00 Å². The van der Waals surface area contributed by atoms with Crippen LogP contribution in [0.15, 0.2) is 27.8 Å². The molecule has 2 aromatic heterocycles. The van der Waals surface area contributed by atoms with Crippen LogP contribution in [0.5, 0.6) is 0 Å². The average Bonchev–Trinajstić information content (AvgIpc) is 3.07. The third kappa shape index (κ3) is 2.69. The lowest BCUT2D eigenvalue weighted by atomic mass is 9.98. The zero-order valence-corrected chi connectivity index (χ0v) is 13.7. The highest BCUT2D eigenvalue weighted by Gasteiger charge is 2.26. The molecule has 22 heavy (non-hydrogen) atoms. The Hall–Kier alpha value is -1.64. The smallest absolute Gasteiger partial charge is 0.275 e. The quantitative estimate of drug-likeness (QED) is 0.918. The van der Waals surface area contributed by atoms with Crippen LogP contribution in [0.4, 0.5) is 0 Å². The van der Waals surface area contributed by atoms with Crippen LogP contribution in [-0.4, -0.2) is 48.5 Å². The molecule has 120 valence electrons. The SMILES string of the molecule is CC1CN(Cc2ccc(S(=O)(=O)N(C)C)o2)Cc2cn[nH]c21. The Morgan fingerprint density at radius 3 is 2.95 bits per heavy atom. The van der Waals surface area contributed by atoms with Crippen LogP contribution in [0.1, 0.15) is 29.9 Å². The number of sulfonamides is 1. The van der Waals surface area contributed by atoms with E-state index in [0.717, 1.165) is 17.4 Å². The molecule has 3 rings (SSSR count). The Balaban J connectivity index is 1.74. The van der Waals surface area contributed by atoms with E-state index in [2.05, 4.69) is 22.0 Å². The van der Waals surface area contributed by atoms with Gasteiger partial charge in [-0.1, -0.05) is 6.92 Å². The third-order valence-electron chi connectivity index (χ3n) is 3.92. The Labute approximate surface area is 130 Å². The van der Waals surface area contributed by atoms with Gasteiger partial charge in [0.15, 0.2) is 0 Å². The first-order valence-corrected chi connectivity index (χ1v) is 8.57. The van der Waals surface area contributed by atoms with Crippen molar-refractivity contribution in [2.45, 2.75) is 31.0 Å². The summed E-state index contributed by atoms with van der Waals surface area (Å²) in [7, 11) is -0.534. The normalized spacial score (nSPS) is 19.5. The molecule has 1 aliphatic rings. The highest BCUT2D eigenvalue weighted by Crippen LogP contribution is 2.27. The van der Waals surface area contributed by atoms with Gasteiger partial charge >= 0.3 is 0 Å². The molecule has 8 heteroatoms. The van der Waals surface area contributed by atoms with E-state index >= 15 is 0 Å². The van der Waals surface area contributed by atoms with Gasteiger partial charge in [0.25, 0.3) is 10.0 Å². The maximum Gasteiger partial charge on any atom is 0.275 e. The summed E-state index contributed by atoms with van der Waals surface area (Å²) in [5.74, 6) is 1.02. The number of rotatable bonds is 4. The summed E-state index contributed by atoms with van der Waals surface area (Å²) in [6.07, 6.45) is 1.85. The lowest BCUT2D eigenvalue weighted by Gasteiger charge is -2.29. The lowest BCUT2D eigenvalue weighted by Crippen LogP contribution is -2.31. The molecule has 7 nitrogen and oxygen atoms in total. The van der Waals surface area contributed by atoms with Crippen molar-refractivity contribution in [3.63, 3.8) is 0 Å². The van der Waals surface area contributed by atoms with Crippen molar-refractivity contribution in [1.82, 2.24) is 19.4 Å². The fourth-order valence-corrected chi connectivity index (χ4v) is 3.57. The van der Waals surface area contributed by atoms with E-state index in [-0.39, 0.29) is 5.09 Å². The highest BCUT2D eigenvalue weighted by molar-refractivity contribution is 7.88. The van der Waals surface area contributed by atoms with E-state index < -0.39 is 10.0 Å². The van der Waals surface area contributed by atoms with Gasteiger partial charge in [-0.2, -0.15) is 5.10 Å². The maximum atomic E-state index is 12.0. The van der Waals surface area contributed by atoms with Crippen molar-refractivity contribution >= 4 is 10.0 Å². The third-order valence-corrected chi connectivity index (χ3v) is 5.61. The van der Waals surface area contributed by atoms with Crippen LogP contribution in [-0.2, 0) is 23.1 Å². The molecule has 3 heterocycles. The number of H-pyrrole nitrogens is 1. The number of hydrogen-bond acceptors (Lipinski definition) is 5. The summed E-state index contributed by atoms with van der Waals surface area (Å²) in [6, 6.07) is 3.24. The molecule has 0 saturated carbocycles. The summed E-state index contributed by atoms with van der Waals surface area (Å²) in [6.45, 7) is 4.39. The molecule has 0 spiro atoms. The number of fused-ring (bicyclic) bond motifs is 1. The van der Waals surface area contributed by atoms with E-state index in [0.29, 0.717) is 18.2 Å². The van der Waals surface area contributed by atoms with Crippen molar-refractivity contribution in [2.24, 2.45) is 0 Å². The summed E-state index contributed by atoms with van der Waals surface area (Å²) in [5, 5.41) is 7.12. The van der Waals surface area contributed by atoms with E-state index in [4.69, 9.17) is 4.42 Å². The van der Waals surface area contributed by atoms with Crippen LogP contribution < -0.4 is 0 Å². The number of nitrogens with zero attached hydrogens (tertiary/aromatic N) is 3. The lowest BCUT2D eigenvalue weighted by molar-refractivity contribution is 0.203. The zero-order valence-electron chi connectivity index (χ0n) is 12.9. The molecule has 0 bridgehead atoms. The van der Waals surface area contributed by atoms with Crippen molar-refractivity contribution in [2.75, 3.05) is 20.6 Å². The average molecular weight is 324 g/mol. The second-order valence-electron chi connectivity index (χ2n) is 5.89. The van der Waals surface area contributed by atoms with Gasteiger partial charge in [0.1, 0.15) is 5.76 Å². The molecule has 2 aromatic rings. The molecule has 1 N–H and O–H groups in total. The first-order valence-electron chi connectivity index (χ1n) is 7.13. The molecule has 0 radical (unpaired) electrons. The Kier molecular flexibility index (Phi) is 3.84. The summed E-state index contributed by atoms with van der Waals surface area (Å²) >= 11 is 0. The molecular formula is C14H20N4O3S. The van der Waals surface area contributed by atoms with E-state index in [1.807, 2.05) is 6.20 Å². The first-order chi connectivity index (χ1) is 10.4. The number of nitrogens with one attached hydrogen (secondary N) is 1. The van der Waals surface area contributed by atoms with Gasteiger partial charge in [0, 0.05) is 44.4 Å². The molecule has 0 saturated heterocycles. The fourth-order valence-electron chi connectivity index (χ4n) is 2.76. The number of aromatic amines is 1. The number of furan rings is 1. The molecule has 0 aliphatic carbocycles. The zero-order chi connectivity index (χ0) is 15.9. The van der Waals surface area contributed by atoms with Crippen molar-refractivity contribution in [3.05, 3.63) is 35.3 Å². The van der Waals surface area contributed by atoms with Crippen LogP contribution in [0.3, 0.4) is 0 Å². The van der Waals surface area contributed by atoms with Gasteiger partial charge in [-0.15, -0.1) is 0 Å². The fraction of sp³-hybridized carbons (Fsp3) is 0.500. The molecule has 0 fully saturated rings. The van der Waals surface area contributed by atoms with Gasteiger partial charge < -0.3 is 4.42 Å². The monoisotopic (exact) mass is 324 g/mol. The van der Waals surface area contributed by atoms with Crippen molar-refractivity contribution in [3.8, 4) is 0 Å². The predicted octanol–water partition coefficient (Wildman–Crippen LogP) is 1.37. The van der Waals surface area contributed by atoms with Crippen LogP contribution in [0.25, 0.3) is 0 Å². The van der Waals surface area contributed by atoms with Gasteiger partial charge in [-0.25, -0.2) is 12.7 Å². The standard InChI is InChI=1S/C14H20N4O3S/c1-10-7-18(8-11-6-15-16-14(10)11)9-12-4-5-13(21-12)22(19,20)17(2)3/h4-6,10H,7-9H2,1-3H3,(H,15,16). The molecule has 1 atom stereocenters. The molecule has 1 unspecified atom stereocenters. The van der Waals surface area contributed by atoms with Crippen LogP contribution >= 0.6 is 0 Å². The minimum absolute atomic E-state index is 0.0124.